The van der Waals surface area contributed by atoms with Gasteiger partial charge in [-0.05, 0) is 96.3 Å². The molecule has 0 aromatic rings. The van der Waals surface area contributed by atoms with E-state index in [0.717, 1.165) is 89.9 Å². The maximum absolute atomic E-state index is 12.7. The molecule has 0 amide bonds. The lowest BCUT2D eigenvalue weighted by molar-refractivity contribution is -0.161. The smallest absolute Gasteiger partial charge is 0.462 e. The predicted molar refractivity (Wildman–Crippen MR) is 302 cm³/mol. The lowest BCUT2D eigenvalue weighted by atomic mass is 10.0. The molecule has 10 heteroatoms. The Hall–Kier alpha value is -3.07. The molecule has 0 saturated heterocycles. The van der Waals surface area contributed by atoms with Gasteiger partial charge in [0, 0.05) is 19.4 Å². The van der Waals surface area contributed by atoms with Crippen LogP contribution in [0.15, 0.2) is 97.2 Å². The molecule has 0 aliphatic heterocycles. The molecular formula is C61H106NO8P. The second-order valence-electron chi connectivity index (χ2n) is 18.8. The zero-order valence-corrected chi connectivity index (χ0v) is 46.3. The van der Waals surface area contributed by atoms with Crippen LogP contribution < -0.4 is 5.73 Å². The summed E-state index contributed by atoms with van der Waals surface area (Å²) in [6.45, 7) is 3.61. The van der Waals surface area contributed by atoms with Gasteiger partial charge in [-0.15, -0.1) is 0 Å². The second kappa shape index (κ2) is 56.2. The zero-order valence-electron chi connectivity index (χ0n) is 45.4. The predicted octanol–water partition coefficient (Wildman–Crippen LogP) is 18.1. The fraction of sp³-hybridized carbons (Fsp3) is 0.705. The van der Waals surface area contributed by atoms with Gasteiger partial charge in [-0.3, -0.25) is 18.6 Å². The van der Waals surface area contributed by atoms with Crippen LogP contribution in [-0.4, -0.2) is 49.3 Å². The average molecular weight is 1010 g/mol. The van der Waals surface area contributed by atoms with E-state index in [1.165, 1.54) is 122 Å². The Morgan fingerprint density at radius 3 is 1.15 bits per heavy atom. The number of allylic oxidation sites excluding steroid dienone is 16. The molecule has 2 atom stereocenters. The maximum atomic E-state index is 12.7. The van der Waals surface area contributed by atoms with E-state index in [-0.39, 0.29) is 38.6 Å². The number of rotatable bonds is 53. The molecule has 71 heavy (non-hydrogen) atoms. The molecule has 0 bridgehead atoms. The van der Waals surface area contributed by atoms with Crippen LogP contribution >= 0.6 is 7.82 Å². The molecule has 0 aliphatic rings. The quantitative estimate of drug-likeness (QED) is 0.0264. The number of hydrogen-bond donors (Lipinski definition) is 2. The Morgan fingerprint density at radius 2 is 0.775 bits per heavy atom. The van der Waals surface area contributed by atoms with Crippen molar-refractivity contribution in [1.29, 1.82) is 0 Å². The van der Waals surface area contributed by atoms with E-state index in [0.29, 0.717) is 6.42 Å². The minimum atomic E-state index is -4.40. The molecule has 0 aliphatic carbocycles. The third kappa shape index (κ3) is 56.1. The standard InChI is InChI=1S/C61H106NO8P/c1-3-5-7-9-11-13-15-17-19-21-23-25-27-28-29-30-32-33-35-37-39-41-43-45-47-49-51-53-60(63)67-57-59(58-69-71(65,66)68-56-55-62)70-61(64)54-52-50-48-46-44-42-40-38-36-34-31-26-24-22-20-18-16-14-12-10-8-6-4-2/h6,8,12,14-15,17-18,20-21,23-24,26-28,34,36,59H,3-5,7,9-11,13,16,19,22,25,29-33,35,37-58,62H2,1-2H3,(H,65,66)/b8-6-,14-12-,17-15-,20-18-,23-21-,26-24-,28-27-,36-34-. The molecule has 408 valence electrons. The minimum Gasteiger partial charge on any atom is -0.462 e. The topological polar surface area (TPSA) is 134 Å². The van der Waals surface area contributed by atoms with Crippen LogP contribution in [0.4, 0.5) is 0 Å². The minimum absolute atomic E-state index is 0.0465. The molecule has 0 spiro atoms. The van der Waals surface area contributed by atoms with Crippen LogP contribution in [0.5, 0.6) is 0 Å². The van der Waals surface area contributed by atoms with Crippen LogP contribution in [0.25, 0.3) is 0 Å². The number of hydrogen-bond acceptors (Lipinski definition) is 8. The van der Waals surface area contributed by atoms with Crippen LogP contribution in [0.2, 0.25) is 0 Å². The Kier molecular flexibility index (Phi) is 53.8. The van der Waals surface area contributed by atoms with Gasteiger partial charge in [0.05, 0.1) is 13.2 Å². The Labute approximate surface area is 436 Å². The highest BCUT2D eigenvalue weighted by atomic mass is 31.2. The van der Waals surface area contributed by atoms with Gasteiger partial charge in [-0.25, -0.2) is 4.57 Å². The Morgan fingerprint density at radius 1 is 0.437 bits per heavy atom. The van der Waals surface area contributed by atoms with Crippen molar-refractivity contribution in [2.45, 2.75) is 251 Å². The number of carbonyl (C=O) groups is 2. The highest BCUT2D eigenvalue weighted by molar-refractivity contribution is 7.47. The van der Waals surface area contributed by atoms with E-state index in [9.17, 15) is 19.0 Å². The maximum Gasteiger partial charge on any atom is 0.472 e. The summed E-state index contributed by atoms with van der Waals surface area (Å²) in [4.78, 5) is 35.2. The van der Waals surface area contributed by atoms with Crippen molar-refractivity contribution in [3.05, 3.63) is 97.2 Å². The highest BCUT2D eigenvalue weighted by Gasteiger charge is 2.26. The number of carbonyl (C=O) groups excluding carboxylic acids is 2. The molecule has 0 fully saturated rings. The van der Waals surface area contributed by atoms with Crippen molar-refractivity contribution in [1.82, 2.24) is 0 Å². The number of ether oxygens (including phenoxy) is 2. The number of esters is 2. The molecule has 0 rings (SSSR count). The molecule has 0 saturated carbocycles. The van der Waals surface area contributed by atoms with Crippen molar-refractivity contribution < 1.29 is 37.6 Å². The lowest BCUT2D eigenvalue weighted by Crippen LogP contribution is -2.29. The molecule has 2 unspecified atom stereocenters. The molecule has 0 aromatic carbocycles. The van der Waals surface area contributed by atoms with Crippen LogP contribution in [0.1, 0.15) is 245 Å². The van der Waals surface area contributed by atoms with Crippen molar-refractivity contribution in [2.24, 2.45) is 5.73 Å². The van der Waals surface area contributed by atoms with Crippen molar-refractivity contribution >= 4 is 19.8 Å². The van der Waals surface area contributed by atoms with Gasteiger partial charge in [0.15, 0.2) is 6.10 Å². The number of phosphoric acid groups is 1. The van der Waals surface area contributed by atoms with E-state index in [1.54, 1.807) is 0 Å². The first-order chi connectivity index (χ1) is 34.8. The number of nitrogens with two attached hydrogens (primary N) is 1. The lowest BCUT2D eigenvalue weighted by Gasteiger charge is -2.19. The van der Waals surface area contributed by atoms with E-state index in [1.807, 2.05) is 0 Å². The first kappa shape index (κ1) is 67.9. The summed E-state index contributed by atoms with van der Waals surface area (Å²) < 4.78 is 33.0. The summed E-state index contributed by atoms with van der Waals surface area (Å²) in [5.74, 6) is -0.844. The van der Waals surface area contributed by atoms with Crippen molar-refractivity contribution in [3.8, 4) is 0 Å². The zero-order chi connectivity index (χ0) is 51.7. The van der Waals surface area contributed by atoms with Gasteiger partial charge < -0.3 is 20.1 Å². The molecular weight excluding hydrogens is 906 g/mol. The summed E-state index contributed by atoms with van der Waals surface area (Å²) in [6, 6.07) is 0. The van der Waals surface area contributed by atoms with Gasteiger partial charge in [0.25, 0.3) is 0 Å². The van der Waals surface area contributed by atoms with Gasteiger partial charge in [-0.2, -0.15) is 0 Å². The third-order valence-electron chi connectivity index (χ3n) is 12.0. The number of phosphoric ester groups is 1. The largest absolute Gasteiger partial charge is 0.472 e. The van der Waals surface area contributed by atoms with Crippen LogP contribution in [0.3, 0.4) is 0 Å². The van der Waals surface area contributed by atoms with Gasteiger partial charge in [0.2, 0.25) is 0 Å². The van der Waals surface area contributed by atoms with Gasteiger partial charge in [-0.1, -0.05) is 233 Å². The Bertz CT molecular complexity index is 1480. The van der Waals surface area contributed by atoms with Crippen molar-refractivity contribution in [2.75, 3.05) is 26.4 Å². The normalized spacial score (nSPS) is 13.8. The first-order valence-corrected chi connectivity index (χ1v) is 30.2. The van der Waals surface area contributed by atoms with Crippen LogP contribution in [-0.2, 0) is 32.7 Å². The molecule has 3 N–H and O–H groups in total. The fourth-order valence-electron chi connectivity index (χ4n) is 7.73. The SMILES string of the molecule is CC/C=C\C/C=C\C/C=C\C/C=C\C/C=C\CCCCCCCCCC(=O)OC(COC(=O)CCCCCCCCCCCCCC/C=C\C/C=C\C/C=C\CCCCCCC)COP(=O)(O)OCCN. The van der Waals surface area contributed by atoms with Crippen LogP contribution in [0, 0.1) is 0 Å². The summed E-state index contributed by atoms with van der Waals surface area (Å²) in [7, 11) is -4.40. The van der Waals surface area contributed by atoms with E-state index in [4.69, 9.17) is 24.3 Å². The molecule has 0 heterocycles. The monoisotopic (exact) mass is 1010 g/mol. The number of unbranched alkanes of at least 4 members (excludes halogenated alkanes) is 24. The Balaban J connectivity index is 4.02. The first-order valence-electron chi connectivity index (χ1n) is 28.7. The third-order valence-corrected chi connectivity index (χ3v) is 12.9. The van der Waals surface area contributed by atoms with E-state index < -0.39 is 26.5 Å². The highest BCUT2D eigenvalue weighted by Crippen LogP contribution is 2.43. The molecule has 0 aromatic heterocycles. The molecule has 9 nitrogen and oxygen atoms in total. The summed E-state index contributed by atoms with van der Waals surface area (Å²) in [5, 5.41) is 0. The summed E-state index contributed by atoms with van der Waals surface area (Å²) in [6.07, 6.45) is 74.5. The summed E-state index contributed by atoms with van der Waals surface area (Å²) >= 11 is 0. The average Bonchev–Trinajstić information content (AvgIpc) is 3.36. The van der Waals surface area contributed by atoms with E-state index >= 15 is 0 Å². The molecule has 0 radical (unpaired) electrons. The van der Waals surface area contributed by atoms with Crippen molar-refractivity contribution in [3.63, 3.8) is 0 Å². The summed E-state index contributed by atoms with van der Waals surface area (Å²) in [5.41, 5.74) is 5.38. The van der Waals surface area contributed by atoms with Gasteiger partial charge in [0.1, 0.15) is 6.61 Å². The fourth-order valence-corrected chi connectivity index (χ4v) is 8.49. The van der Waals surface area contributed by atoms with Gasteiger partial charge >= 0.3 is 19.8 Å². The van der Waals surface area contributed by atoms with E-state index in [2.05, 4.69) is 111 Å². The second-order valence-corrected chi connectivity index (χ2v) is 20.2.